The molecule has 4 aromatic rings. The second kappa shape index (κ2) is 12.9. The molecule has 0 spiro atoms. The van der Waals surface area contributed by atoms with Gasteiger partial charge >= 0.3 is 0 Å². The first-order valence-electron chi connectivity index (χ1n) is 13.3. The number of nitrogens with one attached hydrogen (secondary N) is 1. The van der Waals surface area contributed by atoms with E-state index in [1.54, 1.807) is 39.3 Å². The fourth-order valence-electron chi connectivity index (χ4n) is 4.86. The summed E-state index contributed by atoms with van der Waals surface area (Å²) in [4.78, 5) is 44.8. The first kappa shape index (κ1) is 29.0. The van der Waals surface area contributed by atoms with E-state index >= 15 is 0 Å². The fraction of sp³-hybridized carbons (Fsp3) is 0.281. The van der Waals surface area contributed by atoms with Gasteiger partial charge in [0.2, 0.25) is 11.8 Å². The summed E-state index contributed by atoms with van der Waals surface area (Å²) in [6.07, 6.45) is 0.680. The van der Waals surface area contributed by atoms with Crippen LogP contribution >= 0.6 is 11.3 Å². The van der Waals surface area contributed by atoms with Crippen LogP contribution in [0.4, 0.5) is 0 Å². The Bertz CT molecular complexity index is 1480. The average molecular weight is 557 g/mol. The van der Waals surface area contributed by atoms with E-state index in [2.05, 4.69) is 5.32 Å². The van der Waals surface area contributed by atoms with Crippen molar-refractivity contribution < 1.29 is 14.4 Å². The number of carbonyl (C=O) groups is 3. The van der Waals surface area contributed by atoms with Gasteiger partial charge in [-0.25, -0.2) is 0 Å². The quantitative estimate of drug-likeness (QED) is 0.302. The molecule has 8 heteroatoms. The minimum absolute atomic E-state index is 0.232. The number of hydrogen-bond donors (Lipinski definition) is 2. The Morgan fingerprint density at radius 3 is 2.27 bits per heavy atom. The van der Waals surface area contributed by atoms with Crippen molar-refractivity contribution in [1.82, 2.24) is 15.1 Å². The number of thiophene rings is 1. The zero-order valence-electron chi connectivity index (χ0n) is 23.3. The molecule has 3 unspecified atom stereocenters. The SMILES string of the molecule is CNC(=O)C(Cc1cccs1)N(C)C(=O)C(Cc1ccc2ccccc2c1)N(C)C(=O)c1cccc(C(C)N)c1. The van der Waals surface area contributed by atoms with Crippen LogP contribution in [-0.2, 0) is 22.4 Å². The van der Waals surface area contributed by atoms with Gasteiger partial charge in [-0.15, -0.1) is 11.3 Å². The lowest BCUT2D eigenvalue weighted by Gasteiger charge is -2.34. The number of hydrogen-bond acceptors (Lipinski definition) is 5. The van der Waals surface area contributed by atoms with Crippen LogP contribution in [-0.4, -0.2) is 60.7 Å². The maximum absolute atomic E-state index is 14.2. The molecule has 4 rings (SSSR count). The van der Waals surface area contributed by atoms with Crippen LogP contribution < -0.4 is 11.1 Å². The van der Waals surface area contributed by atoms with E-state index < -0.39 is 12.1 Å². The monoisotopic (exact) mass is 556 g/mol. The maximum atomic E-state index is 14.2. The molecule has 0 aliphatic rings. The van der Waals surface area contributed by atoms with Crippen molar-refractivity contribution in [3.8, 4) is 0 Å². The summed E-state index contributed by atoms with van der Waals surface area (Å²) in [7, 11) is 4.85. The van der Waals surface area contributed by atoms with Crippen molar-refractivity contribution in [2.45, 2.75) is 37.9 Å². The van der Waals surface area contributed by atoms with Gasteiger partial charge in [0.05, 0.1) is 0 Å². The van der Waals surface area contributed by atoms with E-state index in [9.17, 15) is 14.4 Å². The highest BCUT2D eigenvalue weighted by Crippen LogP contribution is 2.22. The second-order valence-corrected chi connectivity index (χ2v) is 11.1. The van der Waals surface area contributed by atoms with Gasteiger partial charge < -0.3 is 20.9 Å². The lowest BCUT2D eigenvalue weighted by atomic mass is 9.98. The molecule has 0 aliphatic heterocycles. The average Bonchev–Trinajstić information content (AvgIpc) is 3.50. The summed E-state index contributed by atoms with van der Waals surface area (Å²) in [5, 5.41) is 6.79. The van der Waals surface area contributed by atoms with Crippen LogP contribution in [0.1, 0.15) is 39.3 Å². The van der Waals surface area contributed by atoms with Gasteiger partial charge in [-0.3, -0.25) is 14.4 Å². The molecular formula is C32H36N4O3S. The van der Waals surface area contributed by atoms with Gasteiger partial charge in [0.1, 0.15) is 12.1 Å². The smallest absolute Gasteiger partial charge is 0.254 e. The van der Waals surface area contributed by atoms with E-state index in [0.29, 0.717) is 18.4 Å². The molecule has 0 fully saturated rings. The molecule has 208 valence electrons. The van der Waals surface area contributed by atoms with Gasteiger partial charge in [0.25, 0.3) is 5.91 Å². The van der Waals surface area contributed by atoms with Crippen molar-refractivity contribution in [3.63, 3.8) is 0 Å². The zero-order chi connectivity index (χ0) is 28.8. The largest absolute Gasteiger partial charge is 0.357 e. The van der Waals surface area contributed by atoms with Crippen LogP contribution in [0.15, 0.2) is 84.2 Å². The van der Waals surface area contributed by atoms with Crippen LogP contribution in [0, 0.1) is 0 Å². The molecule has 1 aromatic heterocycles. The third kappa shape index (κ3) is 6.58. The summed E-state index contributed by atoms with van der Waals surface area (Å²) in [6, 6.07) is 23.3. The van der Waals surface area contributed by atoms with E-state index in [-0.39, 0.29) is 23.8 Å². The predicted molar refractivity (Wildman–Crippen MR) is 161 cm³/mol. The fourth-order valence-corrected chi connectivity index (χ4v) is 5.60. The Balaban J connectivity index is 1.69. The molecule has 0 bridgehead atoms. The molecule has 0 saturated heterocycles. The van der Waals surface area contributed by atoms with Crippen LogP contribution in [0.25, 0.3) is 10.8 Å². The first-order chi connectivity index (χ1) is 19.2. The molecule has 0 saturated carbocycles. The van der Waals surface area contributed by atoms with E-state index in [0.717, 1.165) is 26.8 Å². The number of nitrogens with two attached hydrogens (primary N) is 1. The van der Waals surface area contributed by atoms with Gasteiger partial charge in [-0.2, -0.15) is 0 Å². The summed E-state index contributed by atoms with van der Waals surface area (Å²) < 4.78 is 0. The van der Waals surface area contributed by atoms with E-state index in [4.69, 9.17) is 5.73 Å². The highest BCUT2D eigenvalue weighted by Gasteiger charge is 2.35. The van der Waals surface area contributed by atoms with Gasteiger partial charge in [-0.05, 0) is 52.4 Å². The first-order valence-corrected chi connectivity index (χ1v) is 14.2. The molecule has 0 aliphatic carbocycles. The summed E-state index contributed by atoms with van der Waals surface area (Å²) in [5.74, 6) is -0.852. The van der Waals surface area contributed by atoms with Crippen molar-refractivity contribution in [2.24, 2.45) is 5.73 Å². The summed E-state index contributed by atoms with van der Waals surface area (Å²) in [5.41, 5.74) is 8.28. The maximum Gasteiger partial charge on any atom is 0.254 e. The number of amides is 3. The number of fused-ring (bicyclic) bond motifs is 1. The molecule has 3 aromatic carbocycles. The molecule has 40 heavy (non-hydrogen) atoms. The molecule has 0 radical (unpaired) electrons. The van der Waals surface area contributed by atoms with Crippen molar-refractivity contribution in [2.75, 3.05) is 21.1 Å². The predicted octanol–water partition coefficient (Wildman–Crippen LogP) is 4.42. The normalized spacial score (nSPS) is 13.3. The molecular weight excluding hydrogens is 520 g/mol. The molecule has 7 nitrogen and oxygen atoms in total. The van der Waals surface area contributed by atoms with Crippen molar-refractivity contribution in [3.05, 3.63) is 106 Å². The van der Waals surface area contributed by atoms with Crippen LogP contribution in [0.2, 0.25) is 0 Å². The lowest BCUT2D eigenvalue weighted by Crippen LogP contribution is -2.55. The Morgan fingerprint density at radius 2 is 1.60 bits per heavy atom. The Kier molecular flexibility index (Phi) is 9.34. The highest BCUT2D eigenvalue weighted by molar-refractivity contribution is 7.09. The number of benzene rings is 3. The Hall–Kier alpha value is -4.01. The minimum atomic E-state index is -0.840. The Morgan fingerprint density at radius 1 is 0.850 bits per heavy atom. The molecule has 3 N–H and O–H groups in total. The van der Waals surface area contributed by atoms with Gasteiger partial charge in [0.15, 0.2) is 0 Å². The number of nitrogens with zero attached hydrogens (tertiary/aromatic N) is 2. The second-order valence-electron chi connectivity index (χ2n) is 10.1. The topological polar surface area (TPSA) is 95.7 Å². The molecule has 1 heterocycles. The summed E-state index contributed by atoms with van der Waals surface area (Å²) >= 11 is 1.54. The van der Waals surface area contributed by atoms with E-state index in [1.165, 1.54) is 21.1 Å². The van der Waals surface area contributed by atoms with Gasteiger partial charge in [-0.1, -0.05) is 60.7 Å². The third-order valence-electron chi connectivity index (χ3n) is 7.31. The number of carbonyl (C=O) groups excluding carboxylic acids is 3. The zero-order valence-corrected chi connectivity index (χ0v) is 24.2. The van der Waals surface area contributed by atoms with Crippen molar-refractivity contribution >= 4 is 39.8 Å². The van der Waals surface area contributed by atoms with Gasteiger partial charge in [0, 0.05) is 50.5 Å². The molecule has 3 atom stereocenters. The Labute approximate surface area is 239 Å². The third-order valence-corrected chi connectivity index (χ3v) is 8.21. The standard InChI is InChI=1S/C32H36N4O3S/c1-21(33)24-11-7-12-26(19-24)31(38)36(4)29(18-22-14-15-23-9-5-6-10-25(23)17-22)32(39)35(3)28(30(37)34-2)20-27-13-8-16-40-27/h5-17,19,21,28-29H,18,20,33H2,1-4H3,(H,34,37). The number of likely N-dealkylation sites (N-methyl/N-ethyl adjacent to an activating group) is 3. The number of rotatable bonds is 10. The molecule has 3 amide bonds. The van der Waals surface area contributed by atoms with Crippen molar-refractivity contribution in [1.29, 1.82) is 0 Å². The minimum Gasteiger partial charge on any atom is -0.357 e. The van der Waals surface area contributed by atoms with Crippen LogP contribution in [0.5, 0.6) is 0 Å². The summed E-state index contributed by atoms with van der Waals surface area (Å²) in [6.45, 7) is 1.86. The lowest BCUT2D eigenvalue weighted by molar-refractivity contribution is -0.142. The van der Waals surface area contributed by atoms with E-state index in [1.807, 2.05) is 73.0 Å². The highest BCUT2D eigenvalue weighted by atomic mass is 32.1. The van der Waals surface area contributed by atoms with Crippen LogP contribution in [0.3, 0.4) is 0 Å².